The predicted molar refractivity (Wildman–Crippen MR) is 55.5 cm³/mol. The van der Waals surface area contributed by atoms with Crippen LogP contribution in [0.15, 0.2) is 18.2 Å². The highest BCUT2D eigenvalue weighted by Crippen LogP contribution is 2.10. The molecule has 0 aliphatic heterocycles. The molecule has 0 fully saturated rings. The average Bonchev–Trinajstić information content (AvgIpc) is 2.30. The fraction of sp³-hybridized carbons (Fsp3) is 0.273. The first-order valence-electron chi connectivity index (χ1n) is 4.65. The van der Waals surface area contributed by atoms with E-state index in [4.69, 9.17) is 5.73 Å². The number of halogens is 1. The van der Waals surface area contributed by atoms with Crippen molar-refractivity contribution in [2.75, 3.05) is 7.11 Å². The lowest BCUT2D eigenvalue weighted by molar-refractivity contribution is -0.142. The van der Waals surface area contributed by atoms with Crippen molar-refractivity contribution in [3.8, 4) is 0 Å². The van der Waals surface area contributed by atoms with Crippen molar-refractivity contribution in [2.24, 2.45) is 5.73 Å². The molecule has 2 N–H and O–H groups in total. The lowest BCUT2D eigenvalue weighted by atomic mass is 10.0. The maximum Gasteiger partial charge on any atom is 0.322 e. The molecule has 0 saturated carbocycles. The number of aldehydes is 1. The van der Waals surface area contributed by atoms with Gasteiger partial charge in [-0.2, -0.15) is 0 Å². The molecule has 0 bridgehead atoms. The van der Waals surface area contributed by atoms with Gasteiger partial charge in [0, 0.05) is 0 Å². The third kappa shape index (κ3) is 2.87. The molecule has 1 rings (SSSR count). The third-order valence-electron chi connectivity index (χ3n) is 2.15. The second-order valence-electron chi connectivity index (χ2n) is 3.31. The maximum absolute atomic E-state index is 13.0. The molecule has 0 aliphatic carbocycles. The van der Waals surface area contributed by atoms with Gasteiger partial charge in [-0.05, 0) is 24.1 Å². The molecule has 0 saturated heterocycles. The van der Waals surface area contributed by atoms with E-state index in [0.717, 1.165) is 0 Å². The zero-order valence-electron chi connectivity index (χ0n) is 8.77. The smallest absolute Gasteiger partial charge is 0.322 e. The topological polar surface area (TPSA) is 69.4 Å². The fourth-order valence-electron chi connectivity index (χ4n) is 1.30. The summed E-state index contributed by atoms with van der Waals surface area (Å²) in [6, 6.07) is 3.20. The minimum atomic E-state index is -0.810. The highest BCUT2D eigenvalue weighted by molar-refractivity contribution is 5.77. The Morgan fingerprint density at radius 2 is 2.31 bits per heavy atom. The van der Waals surface area contributed by atoms with Gasteiger partial charge < -0.3 is 10.5 Å². The summed E-state index contributed by atoms with van der Waals surface area (Å²) in [5, 5.41) is 0. The molecule has 86 valence electrons. The van der Waals surface area contributed by atoms with Crippen molar-refractivity contribution < 1.29 is 18.7 Å². The summed E-state index contributed by atoms with van der Waals surface area (Å²) in [4.78, 5) is 21.5. The van der Waals surface area contributed by atoms with Gasteiger partial charge >= 0.3 is 5.97 Å². The Bertz CT molecular complexity index is 406. The van der Waals surface area contributed by atoms with E-state index in [1.54, 1.807) is 0 Å². The van der Waals surface area contributed by atoms with Crippen molar-refractivity contribution in [3.05, 3.63) is 35.1 Å². The van der Waals surface area contributed by atoms with E-state index < -0.39 is 17.8 Å². The number of carbonyl (C=O) groups is 2. The average molecular weight is 225 g/mol. The largest absolute Gasteiger partial charge is 0.468 e. The predicted octanol–water partition coefficient (Wildman–Crippen LogP) is 0.681. The lowest BCUT2D eigenvalue weighted by Gasteiger charge is -2.09. The summed E-state index contributed by atoms with van der Waals surface area (Å²) < 4.78 is 17.4. The minimum Gasteiger partial charge on any atom is -0.468 e. The van der Waals surface area contributed by atoms with Crippen molar-refractivity contribution >= 4 is 12.3 Å². The van der Waals surface area contributed by atoms with Gasteiger partial charge in [-0.25, -0.2) is 4.39 Å². The molecular weight excluding hydrogens is 213 g/mol. The number of esters is 1. The fourth-order valence-corrected chi connectivity index (χ4v) is 1.30. The van der Waals surface area contributed by atoms with Crippen molar-refractivity contribution in [1.29, 1.82) is 0 Å². The Labute approximate surface area is 92.2 Å². The van der Waals surface area contributed by atoms with Crippen LogP contribution in [0, 0.1) is 5.82 Å². The first-order valence-corrected chi connectivity index (χ1v) is 4.65. The SMILES string of the molecule is COC(=O)[C@@H](N)Cc1ccc(F)c(C=O)c1. The number of benzene rings is 1. The molecule has 5 heteroatoms. The summed E-state index contributed by atoms with van der Waals surface area (Å²) in [5.74, 6) is -1.14. The van der Waals surface area contributed by atoms with E-state index in [-0.39, 0.29) is 12.0 Å². The highest BCUT2D eigenvalue weighted by Gasteiger charge is 2.14. The minimum absolute atomic E-state index is 0.0467. The molecule has 16 heavy (non-hydrogen) atoms. The molecule has 1 aromatic carbocycles. The maximum atomic E-state index is 13.0. The van der Waals surface area contributed by atoms with Crippen LogP contribution in [0.5, 0.6) is 0 Å². The van der Waals surface area contributed by atoms with Gasteiger partial charge in [-0.3, -0.25) is 9.59 Å². The molecule has 1 aromatic rings. The van der Waals surface area contributed by atoms with Gasteiger partial charge in [-0.15, -0.1) is 0 Å². The first kappa shape index (κ1) is 12.3. The highest BCUT2D eigenvalue weighted by atomic mass is 19.1. The van der Waals surface area contributed by atoms with Gasteiger partial charge in [0.25, 0.3) is 0 Å². The molecular formula is C11H12FNO3. The van der Waals surface area contributed by atoms with Crippen LogP contribution in [0.2, 0.25) is 0 Å². The molecule has 0 radical (unpaired) electrons. The molecule has 1 atom stereocenters. The summed E-state index contributed by atoms with van der Waals surface area (Å²) >= 11 is 0. The van der Waals surface area contributed by atoms with Gasteiger partial charge in [0.1, 0.15) is 11.9 Å². The van der Waals surface area contributed by atoms with Crippen LogP contribution in [0.1, 0.15) is 15.9 Å². The molecule has 0 amide bonds. The van der Waals surface area contributed by atoms with Gasteiger partial charge in [0.15, 0.2) is 6.29 Å². The van der Waals surface area contributed by atoms with Crippen LogP contribution in [0.4, 0.5) is 4.39 Å². The normalized spacial score (nSPS) is 11.9. The summed E-state index contributed by atoms with van der Waals surface area (Å²) in [7, 11) is 1.24. The van der Waals surface area contributed by atoms with Crippen LogP contribution in [-0.2, 0) is 16.0 Å². The summed E-state index contributed by atoms with van der Waals surface area (Å²) in [6.07, 6.45) is 0.621. The second-order valence-corrected chi connectivity index (χ2v) is 3.31. The number of nitrogens with two attached hydrogens (primary N) is 1. The number of ether oxygens (including phenoxy) is 1. The number of rotatable bonds is 4. The van der Waals surface area contributed by atoms with E-state index in [1.807, 2.05) is 0 Å². The van der Waals surface area contributed by atoms with Gasteiger partial charge in [0.05, 0.1) is 12.7 Å². The van der Waals surface area contributed by atoms with Gasteiger partial charge in [-0.1, -0.05) is 6.07 Å². The third-order valence-corrected chi connectivity index (χ3v) is 2.15. The molecule has 0 heterocycles. The van der Waals surface area contributed by atoms with E-state index >= 15 is 0 Å². The van der Waals surface area contributed by atoms with Crippen molar-refractivity contribution in [2.45, 2.75) is 12.5 Å². The Balaban J connectivity index is 2.82. The quantitative estimate of drug-likeness (QED) is 0.604. The molecule has 0 aromatic heterocycles. The Hall–Kier alpha value is -1.75. The van der Waals surface area contributed by atoms with E-state index in [9.17, 15) is 14.0 Å². The van der Waals surface area contributed by atoms with E-state index in [2.05, 4.69) is 4.74 Å². The molecule has 0 unspecified atom stereocenters. The van der Waals surface area contributed by atoms with E-state index in [0.29, 0.717) is 11.8 Å². The van der Waals surface area contributed by atoms with Crippen molar-refractivity contribution in [3.63, 3.8) is 0 Å². The number of methoxy groups -OCH3 is 1. The van der Waals surface area contributed by atoms with Gasteiger partial charge in [0.2, 0.25) is 0 Å². The zero-order chi connectivity index (χ0) is 12.1. The van der Waals surface area contributed by atoms with Crippen LogP contribution < -0.4 is 5.73 Å². The van der Waals surface area contributed by atoms with E-state index in [1.165, 1.54) is 25.3 Å². The molecule has 0 aliphatic rings. The van der Waals surface area contributed by atoms with Crippen molar-refractivity contribution in [1.82, 2.24) is 0 Å². The number of hydrogen-bond donors (Lipinski definition) is 1. The number of carbonyl (C=O) groups excluding carboxylic acids is 2. The van der Waals surface area contributed by atoms with Crippen LogP contribution >= 0.6 is 0 Å². The molecule has 0 spiro atoms. The molecule has 4 nitrogen and oxygen atoms in total. The lowest BCUT2D eigenvalue weighted by Crippen LogP contribution is -2.33. The Morgan fingerprint density at radius 3 is 2.88 bits per heavy atom. The Kier molecular flexibility index (Phi) is 4.13. The standard InChI is InChI=1S/C11H12FNO3/c1-16-11(15)10(13)5-7-2-3-9(12)8(4-7)6-14/h2-4,6,10H,5,13H2,1H3/t10-/m0/s1. The van der Waals surface area contributed by atoms with Crippen LogP contribution in [0.3, 0.4) is 0 Å². The summed E-state index contributed by atoms with van der Waals surface area (Å²) in [6.45, 7) is 0. The van der Waals surface area contributed by atoms with Crippen LogP contribution in [-0.4, -0.2) is 25.4 Å². The monoisotopic (exact) mass is 225 g/mol. The second kappa shape index (κ2) is 5.37. The first-order chi connectivity index (χ1) is 7.58. The Morgan fingerprint density at radius 1 is 1.62 bits per heavy atom. The summed E-state index contributed by atoms with van der Waals surface area (Å²) in [5.41, 5.74) is 6.10. The zero-order valence-corrected chi connectivity index (χ0v) is 8.77. The number of hydrogen-bond acceptors (Lipinski definition) is 4. The van der Waals surface area contributed by atoms with Crippen LogP contribution in [0.25, 0.3) is 0 Å².